The van der Waals surface area contributed by atoms with Crippen LogP contribution in [0.15, 0.2) is 30.3 Å². The number of nitrogens with one attached hydrogen (secondary N) is 1. The van der Waals surface area contributed by atoms with Gasteiger partial charge in [0.15, 0.2) is 0 Å². The van der Waals surface area contributed by atoms with Crippen LogP contribution < -0.4 is 5.32 Å². The van der Waals surface area contributed by atoms with Crippen LogP contribution >= 0.6 is 0 Å². The van der Waals surface area contributed by atoms with Gasteiger partial charge >= 0.3 is 0 Å². The standard InChI is InChI=1S/C14H21N/c1-2-13(14-9-6-10-15-14)11-12-7-4-3-5-8-12/h3-5,7-8,13-15H,2,6,9-11H2,1H3. The van der Waals surface area contributed by atoms with Gasteiger partial charge in [0.1, 0.15) is 0 Å². The van der Waals surface area contributed by atoms with Crippen LogP contribution in [0.4, 0.5) is 0 Å². The minimum Gasteiger partial charge on any atom is -0.314 e. The van der Waals surface area contributed by atoms with E-state index in [1.54, 1.807) is 0 Å². The quantitative estimate of drug-likeness (QED) is 0.793. The molecule has 0 aliphatic carbocycles. The van der Waals surface area contributed by atoms with E-state index in [4.69, 9.17) is 0 Å². The third-order valence-corrected chi connectivity index (χ3v) is 3.53. The summed E-state index contributed by atoms with van der Waals surface area (Å²) >= 11 is 0. The Hall–Kier alpha value is -0.820. The molecule has 0 amide bonds. The molecule has 1 heteroatoms. The zero-order chi connectivity index (χ0) is 10.5. The summed E-state index contributed by atoms with van der Waals surface area (Å²) in [6, 6.07) is 11.6. The molecule has 1 saturated heterocycles. The SMILES string of the molecule is CCC(Cc1ccccc1)C1CCCN1. The van der Waals surface area contributed by atoms with Crippen LogP contribution in [0.1, 0.15) is 31.7 Å². The van der Waals surface area contributed by atoms with Gasteiger partial charge in [-0.15, -0.1) is 0 Å². The van der Waals surface area contributed by atoms with Gasteiger partial charge < -0.3 is 5.32 Å². The molecule has 1 fully saturated rings. The third-order valence-electron chi connectivity index (χ3n) is 3.53. The smallest absolute Gasteiger partial charge is 0.00988 e. The first-order valence-electron chi connectivity index (χ1n) is 6.17. The van der Waals surface area contributed by atoms with E-state index in [0.29, 0.717) is 0 Å². The molecule has 0 saturated carbocycles. The molecule has 1 N–H and O–H groups in total. The molecular formula is C14H21N. The molecule has 1 nitrogen and oxygen atoms in total. The molecule has 1 aromatic rings. The maximum Gasteiger partial charge on any atom is 0.00988 e. The molecule has 82 valence electrons. The molecule has 2 atom stereocenters. The van der Waals surface area contributed by atoms with Gasteiger partial charge in [-0.05, 0) is 37.3 Å². The van der Waals surface area contributed by atoms with E-state index < -0.39 is 0 Å². The molecule has 0 spiro atoms. The predicted octanol–water partition coefficient (Wildman–Crippen LogP) is 3.01. The van der Waals surface area contributed by atoms with Gasteiger partial charge in [0.25, 0.3) is 0 Å². The highest BCUT2D eigenvalue weighted by Gasteiger charge is 2.22. The zero-order valence-corrected chi connectivity index (χ0v) is 9.58. The maximum atomic E-state index is 3.63. The lowest BCUT2D eigenvalue weighted by Gasteiger charge is -2.22. The topological polar surface area (TPSA) is 12.0 Å². The fourth-order valence-corrected chi connectivity index (χ4v) is 2.60. The summed E-state index contributed by atoms with van der Waals surface area (Å²) in [5, 5.41) is 3.63. The van der Waals surface area contributed by atoms with Gasteiger partial charge in [0, 0.05) is 6.04 Å². The van der Waals surface area contributed by atoms with Crippen molar-refractivity contribution < 1.29 is 0 Å². The molecule has 0 radical (unpaired) electrons. The second-order valence-electron chi connectivity index (χ2n) is 4.56. The summed E-state index contributed by atoms with van der Waals surface area (Å²) in [6.07, 6.45) is 5.24. The highest BCUT2D eigenvalue weighted by atomic mass is 14.9. The zero-order valence-electron chi connectivity index (χ0n) is 9.58. The minimum atomic E-state index is 0.759. The first-order chi connectivity index (χ1) is 7.40. The van der Waals surface area contributed by atoms with Gasteiger partial charge in [-0.25, -0.2) is 0 Å². The van der Waals surface area contributed by atoms with Crippen molar-refractivity contribution in [3.63, 3.8) is 0 Å². The van der Waals surface area contributed by atoms with E-state index in [1.807, 2.05) is 0 Å². The van der Waals surface area contributed by atoms with E-state index in [9.17, 15) is 0 Å². The Morgan fingerprint density at radius 3 is 2.73 bits per heavy atom. The predicted molar refractivity (Wildman–Crippen MR) is 65.0 cm³/mol. The summed E-state index contributed by atoms with van der Waals surface area (Å²) in [7, 11) is 0. The fourth-order valence-electron chi connectivity index (χ4n) is 2.60. The second kappa shape index (κ2) is 5.32. The van der Waals surface area contributed by atoms with Crippen LogP contribution in [0.2, 0.25) is 0 Å². The number of benzene rings is 1. The Morgan fingerprint density at radius 2 is 2.13 bits per heavy atom. The van der Waals surface area contributed by atoms with Gasteiger partial charge in [-0.2, -0.15) is 0 Å². The van der Waals surface area contributed by atoms with Crippen LogP contribution in [0.25, 0.3) is 0 Å². The fraction of sp³-hybridized carbons (Fsp3) is 0.571. The lowest BCUT2D eigenvalue weighted by atomic mass is 9.89. The molecule has 0 aromatic heterocycles. The van der Waals surface area contributed by atoms with Crippen molar-refractivity contribution in [2.75, 3.05) is 6.54 Å². The van der Waals surface area contributed by atoms with Crippen LogP contribution in [0.5, 0.6) is 0 Å². The van der Waals surface area contributed by atoms with Crippen molar-refractivity contribution >= 4 is 0 Å². The molecule has 2 rings (SSSR count). The molecular weight excluding hydrogens is 182 g/mol. The Labute approximate surface area is 92.9 Å². The van der Waals surface area contributed by atoms with Crippen molar-refractivity contribution in [2.24, 2.45) is 5.92 Å². The average Bonchev–Trinajstić information content (AvgIpc) is 2.81. The van der Waals surface area contributed by atoms with Crippen LogP contribution in [0, 0.1) is 5.92 Å². The lowest BCUT2D eigenvalue weighted by molar-refractivity contribution is 0.375. The molecule has 2 unspecified atom stereocenters. The number of hydrogen-bond donors (Lipinski definition) is 1. The summed E-state index contributed by atoms with van der Waals surface area (Å²) in [4.78, 5) is 0. The Kier molecular flexibility index (Phi) is 3.79. The van der Waals surface area contributed by atoms with Gasteiger partial charge in [0.05, 0.1) is 0 Å². The molecule has 0 bridgehead atoms. The van der Waals surface area contributed by atoms with E-state index >= 15 is 0 Å². The van der Waals surface area contributed by atoms with Crippen LogP contribution in [-0.4, -0.2) is 12.6 Å². The van der Waals surface area contributed by atoms with Crippen molar-refractivity contribution in [3.05, 3.63) is 35.9 Å². The lowest BCUT2D eigenvalue weighted by Crippen LogP contribution is -2.31. The van der Waals surface area contributed by atoms with Gasteiger partial charge in [-0.3, -0.25) is 0 Å². The largest absolute Gasteiger partial charge is 0.314 e. The molecule has 1 aromatic carbocycles. The van der Waals surface area contributed by atoms with Crippen molar-refractivity contribution in [1.29, 1.82) is 0 Å². The maximum absolute atomic E-state index is 3.63. The summed E-state index contributed by atoms with van der Waals surface area (Å²) in [5.74, 6) is 0.815. The van der Waals surface area contributed by atoms with Gasteiger partial charge in [-0.1, -0.05) is 43.7 Å². The van der Waals surface area contributed by atoms with E-state index in [0.717, 1.165) is 12.0 Å². The van der Waals surface area contributed by atoms with Crippen LogP contribution in [-0.2, 0) is 6.42 Å². The number of rotatable bonds is 4. The van der Waals surface area contributed by atoms with Crippen molar-refractivity contribution in [2.45, 2.75) is 38.6 Å². The molecule has 1 aliphatic heterocycles. The molecule has 1 aliphatic rings. The van der Waals surface area contributed by atoms with E-state index in [2.05, 4.69) is 42.6 Å². The Balaban J connectivity index is 1.96. The molecule has 1 heterocycles. The highest BCUT2D eigenvalue weighted by molar-refractivity contribution is 5.15. The number of hydrogen-bond acceptors (Lipinski definition) is 1. The van der Waals surface area contributed by atoms with Crippen LogP contribution in [0.3, 0.4) is 0 Å². The minimum absolute atomic E-state index is 0.759. The summed E-state index contributed by atoms with van der Waals surface area (Å²) < 4.78 is 0. The van der Waals surface area contributed by atoms with Gasteiger partial charge in [0.2, 0.25) is 0 Å². The first-order valence-corrected chi connectivity index (χ1v) is 6.17. The van der Waals surface area contributed by atoms with Crippen molar-refractivity contribution in [1.82, 2.24) is 5.32 Å². The summed E-state index contributed by atoms with van der Waals surface area (Å²) in [6.45, 7) is 3.53. The average molecular weight is 203 g/mol. The van der Waals surface area contributed by atoms with Crippen molar-refractivity contribution in [3.8, 4) is 0 Å². The Morgan fingerprint density at radius 1 is 1.33 bits per heavy atom. The summed E-state index contributed by atoms with van der Waals surface area (Å²) in [5.41, 5.74) is 1.48. The third kappa shape index (κ3) is 2.82. The van der Waals surface area contributed by atoms with E-state index in [-0.39, 0.29) is 0 Å². The second-order valence-corrected chi connectivity index (χ2v) is 4.56. The normalized spacial score (nSPS) is 22.9. The van der Waals surface area contributed by atoms with E-state index in [1.165, 1.54) is 37.8 Å². The molecule has 15 heavy (non-hydrogen) atoms. The monoisotopic (exact) mass is 203 g/mol. The first kappa shape index (κ1) is 10.7. The highest BCUT2D eigenvalue weighted by Crippen LogP contribution is 2.21. The Bertz CT molecular complexity index is 275.